The molecule has 1 aliphatic heterocycles. The van der Waals surface area contributed by atoms with Crippen molar-refractivity contribution in [2.24, 2.45) is 0 Å². The number of ether oxygens (including phenoxy) is 3. The van der Waals surface area contributed by atoms with E-state index >= 15 is 0 Å². The minimum atomic E-state index is 0.226. The number of benzene rings is 2. The third-order valence-corrected chi connectivity index (χ3v) is 5.37. The summed E-state index contributed by atoms with van der Waals surface area (Å²) in [5.41, 5.74) is 6.37. The molecule has 2 heterocycles. The first-order chi connectivity index (χ1) is 13.1. The van der Waals surface area contributed by atoms with Crippen molar-refractivity contribution in [3.8, 4) is 17.2 Å². The molecule has 0 amide bonds. The SMILES string of the molecule is COc1cc(CC2NCCc3c2[nH]c2ccc(C)cc32)cc(OC)c1OC. The molecule has 1 atom stereocenters. The maximum atomic E-state index is 5.51. The second-order valence-corrected chi connectivity index (χ2v) is 7.06. The van der Waals surface area contributed by atoms with Gasteiger partial charge in [-0.15, -0.1) is 0 Å². The molecular formula is C22H26N2O3. The zero-order valence-electron chi connectivity index (χ0n) is 16.3. The maximum Gasteiger partial charge on any atom is 0.203 e. The highest BCUT2D eigenvalue weighted by Gasteiger charge is 2.25. The standard InChI is InChI=1S/C22H26N2O3/c1-13-5-6-17-16(9-13)15-7-8-23-18(21(15)24-17)10-14-11-19(25-2)22(27-4)20(12-14)26-3/h5-6,9,11-12,18,23-24H,7-8,10H2,1-4H3. The van der Waals surface area contributed by atoms with Crippen LogP contribution >= 0.6 is 0 Å². The number of hydrogen-bond acceptors (Lipinski definition) is 4. The van der Waals surface area contributed by atoms with Gasteiger partial charge < -0.3 is 24.5 Å². The Balaban J connectivity index is 1.72. The van der Waals surface area contributed by atoms with Gasteiger partial charge in [-0.25, -0.2) is 0 Å². The Labute approximate surface area is 159 Å². The molecule has 1 aromatic heterocycles. The molecule has 2 N–H and O–H groups in total. The van der Waals surface area contributed by atoms with Crippen LogP contribution in [0.2, 0.25) is 0 Å². The molecule has 0 fully saturated rings. The maximum absolute atomic E-state index is 5.51. The predicted molar refractivity (Wildman–Crippen MR) is 107 cm³/mol. The van der Waals surface area contributed by atoms with Gasteiger partial charge in [0, 0.05) is 16.6 Å². The average Bonchev–Trinajstić information content (AvgIpc) is 3.06. The first kappa shape index (κ1) is 17.7. The van der Waals surface area contributed by atoms with Crippen LogP contribution < -0.4 is 19.5 Å². The van der Waals surface area contributed by atoms with E-state index in [4.69, 9.17) is 14.2 Å². The molecule has 0 bridgehead atoms. The molecule has 5 heteroatoms. The third kappa shape index (κ3) is 3.12. The van der Waals surface area contributed by atoms with Crippen LogP contribution in [-0.2, 0) is 12.8 Å². The summed E-state index contributed by atoms with van der Waals surface area (Å²) in [6.07, 6.45) is 1.89. The summed E-state index contributed by atoms with van der Waals surface area (Å²) >= 11 is 0. The number of hydrogen-bond donors (Lipinski definition) is 2. The van der Waals surface area contributed by atoms with E-state index in [1.165, 1.54) is 27.7 Å². The normalized spacial score (nSPS) is 16.2. The quantitative estimate of drug-likeness (QED) is 0.718. The highest BCUT2D eigenvalue weighted by molar-refractivity contribution is 5.85. The van der Waals surface area contributed by atoms with E-state index in [0.717, 1.165) is 24.9 Å². The fourth-order valence-corrected chi connectivity index (χ4v) is 4.09. The molecule has 0 saturated heterocycles. The molecule has 0 spiro atoms. The minimum Gasteiger partial charge on any atom is -0.493 e. The van der Waals surface area contributed by atoms with Gasteiger partial charge in [0.15, 0.2) is 11.5 Å². The van der Waals surface area contributed by atoms with Gasteiger partial charge in [0.05, 0.1) is 27.4 Å². The number of nitrogens with one attached hydrogen (secondary N) is 2. The van der Waals surface area contributed by atoms with Gasteiger partial charge in [-0.05, 0) is 61.7 Å². The molecule has 4 rings (SSSR count). The van der Waals surface area contributed by atoms with Crippen molar-refractivity contribution >= 4 is 10.9 Å². The Hall–Kier alpha value is -2.66. The average molecular weight is 366 g/mol. The van der Waals surface area contributed by atoms with Gasteiger partial charge in [0.2, 0.25) is 5.75 Å². The zero-order chi connectivity index (χ0) is 19.0. The second-order valence-electron chi connectivity index (χ2n) is 7.06. The Morgan fingerprint density at radius 3 is 2.41 bits per heavy atom. The van der Waals surface area contributed by atoms with E-state index in [9.17, 15) is 0 Å². The summed E-state index contributed by atoms with van der Waals surface area (Å²) in [4.78, 5) is 3.64. The van der Waals surface area contributed by atoms with E-state index < -0.39 is 0 Å². The van der Waals surface area contributed by atoms with Gasteiger partial charge in [0.25, 0.3) is 0 Å². The van der Waals surface area contributed by atoms with Crippen LogP contribution in [0.25, 0.3) is 10.9 Å². The van der Waals surface area contributed by atoms with Crippen molar-refractivity contribution < 1.29 is 14.2 Å². The highest BCUT2D eigenvalue weighted by atomic mass is 16.5. The summed E-state index contributed by atoms with van der Waals surface area (Å²) in [7, 11) is 4.93. The molecule has 0 aliphatic carbocycles. The summed E-state index contributed by atoms with van der Waals surface area (Å²) in [6.45, 7) is 3.12. The van der Waals surface area contributed by atoms with E-state index in [1.807, 2.05) is 12.1 Å². The molecule has 0 radical (unpaired) electrons. The lowest BCUT2D eigenvalue weighted by molar-refractivity contribution is 0.323. The topological polar surface area (TPSA) is 55.5 Å². The number of fused-ring (bicyclic) bond motifs is 3. The van der Waals surface area contributed by atoms with Crippen LogP contribution in [0, 0.1) is 6.92 Å². The van der Waals surface area contributed by atoms with Gasteiger partial charge in [-0.3, -0.25) is 0 Å². The molecular weight excluding hydrogens is 340 g/mol. The number of H-pyrrole nitrogens is 1. The fraction of sp³-hybridized carbons (Fsp3) is 0.364. The van der Waals surface area contributed by atoms with E-state index in [0.29, 0.717) is 17.2 Å². The van der Waals surface area contributed by atoms with Gasteiger partial charge in [-0.2, -0.15) is 0 Å². The van der Waals surface area contributed by atoms with Crippen molar-refractivity contribution in [3.05, 3.63) is 52.7 Å². The molecule has 0 saturated carbocycles. The lowest BCUT2D eigenvalue weighted by Crippen LogP contribution is -2.31. The largest absolute Gasteiger partial charge is 0.493 e. The number of aryl methyl sites for hydroxylation is 1. The number of aromatic nitrogens is 1. The van der Waals surface area contributed by atoms with Crippen LogP contribution in [-0.4, -0.2) is 32.9 Å². The van der Waals surface area contributed by atoms with Crippen molar-refractivity contribution in [1.29, 1.82) is 0 Å². The minimum absolute atomic E-state index is 0.226. The van der Waals surface area contributed by atoms with Gasteiger partial charge in [0.1, 0.15) is 0 Å². The van der Waals surface area contributed by atoms with E-state index in [-0.39, 0.29) is 6.04 Å². The van der Waals surface area contributed by atoms with Crippen molar-refractivity contribution in [2.45, 2.75) is 25.8 Å². The van der Waals surface area contributed by atoms with Gasteiger partial charge >= 0.3 is 0 Å². The number of rotatable bonds is 5. The lowest BCUT2D eigenvalue weighted by Gasteiger charge is -2.25. The van der Waals surface area contributed by atoms with Crippen molar-refractivity contribution in [2.75, 3.05) is 27.9 Å². The lowest BCUT2D eigenvalue weighted by atomic mass is 9.94. The van der Waals surface area contributed by atoms with Crippen LogP contribution in [0.1, 0.15) is 28.4 Å². The van der Waals surface area contributed by atoms with Gasteiger partial charge in [-0.1, -0.05) is 11.6 Å². The zero-order valence-corrected chi connectivity index (χ0v) is 16.3. The summed E-state index contributed by atoms with van der Waals surface area (Å²) in [6, 6.07) is 10.9. The second kappa shape index (κ2) is 7.16. The number of methoxy groups -OCH3 is 3. The summed E-state index contributed by atoms with van der Waals surface area (Å²) < 4.78 is 16.5. The van der Waals surface area contributed by atoms with Crippen LogP contribution in [0.5, 0.6) is 17.2 Å². The molecule has 3 aromatic rings. The Kier molecular flexibility index (Phi) is 4.70. The third-order valence-electron chi connectivity index (χ3n) is 5.37. The molecule has 1 unspecified atom stereocenters. The smallest absolute Gasteiger partial charge is 0.203 e. The first-order valence-corrected chi connectivity index (χ1v) is 9.28. The Morgan fingerprint density at radius 2 is 1.74 bits per heavy atom. The molecule has 2 aromatic carbocycles. The molecule has 1 aliphatic rings. The summed E-state index contributed by atoms with van der Waals surface area (Å²) in [5, 5.41) is 5.01. The summed E-state index contributed by atoms with van der Waals surface area (Å²) in [5.74, 6) is 2.01. The predicted octanol–water partition coefficient (Wildman–Crippen LogP) is 3.93. The number of aromatic amines is 1. The fourth-order valence-electron chi connectivity index (χ4n) is 4.09. The van der Waals surface area contributed by atoms with E-state index in [1.54, 1.807) is 21.3 Å². The van der Waals surface area contributed by atoms with Crippen LogP contribution in [0.4, 0.5) is 0 Å². The highest BCUT2D eigenvalue weighted by Crippen LogP contribution is 2.40. The first-order valence-electron chi connectivity index (χ1n) is 9.28. The van der Waals surface area contributed by atoms with Crippen LogP contribution in [0.15, 0.2) is 30.3 Å². The Morgan fingerprint density at radius 1 is 1.00 bits per heavy atom. The monoisotopic (exact) mass is 366 g/mol. The Bertz CT molecular complexity index is 952. The van der Waals surface area contributed by atoms with Crippen LogP contribution in [0.3, 0.4) is 0 Å². The molecule has 5 nitrogen and oxygen atoms in total. The van der Waals surface area contributed by atoms with E-state index in [2.05, 4.69) is 35.4 Å². The van der Waals surface area contributed by atoms with Crippen molar-refractivity contribution in [1.82, 2.24) is 10.3 Å². The van der Waals surface area contributed by atoms with Crippen molar-refractivity contribution in [3.63, 3.8) is 0 Å². The molecule has 142 valence electrons. The molecule has 27 heavy (non-hydrogen) atoms.